The molecule has 2 atom stereocenters. The number of aliphatic imine (C=N–C) groups is 1. The number of rotatable bonds is 2. The lowest BCUT2D eigenvalue weighted by atomic mass is 9.60. The molecular formula is C23H24N2O4. The summed E-state index contributed by atoms with van der Waals surface area (Å²) in [7, 11) is 1.67. The van der Waals surface area contributed by atoms with E-state index in [2.05, 4.69) is 25.1 Å². The van der Waals surface area contributed by atoms with Crippen LogP contribution in [-0.4, -0.2) is 39.1 Å². The summed E-state index contributed by atoms with van der Waals surface area (Å²) in [5.74, 6) is 1.60. The van der Waals surface area contributed by atoms with E-state index in [4.69, 9.17) is 29.7 Å². The lowest BCUT2D eigenvalue weighted by Crippen LogP contribution is -2.66. The first-order valence-electron chi connectivity index (χ1n) is 9.76. The number of nitrogens with two attached hydrogens (primary N) is 1. The third-order valence-electron chi connectivity index (χ3n) is 6.41. The van der Waals surface area contributed by atoms with E-state index in [1.54, 1.807) is 7.11 Å². The van der Waals surface area contributed by atoms with Crippen molar-refractivity contribution in [1.82, 2.24) is 0 Å². The van der Waals surface area contributed by atoms with Crippen LogP contribution in [0.3, 0.4) is 0 Å². The molecule has 0 aromatic heterocycles. The summed E-state index contributed by atoms with van der Waals surface area (Å²) in [4.78, 5) is 4.82. The number of allylic oxidation sites excluding steroid dienone is 7. The molecule has 0 unspecified atom stereocenters. The maximum absolute atomic E-state index is 6.31. The number of benzene rings is 1. The van der Waals surface area contributed by atoms with Crippen LogP contribution in [0, 0.1) is 5.41 Å². The normalized spacial score (nSPS) is 31.8. The van der Waals surface area contributed by atoms with Crippen molar-refractivity contribution in [2.75, 3.05) is 26.9 Å². The summed E-state index contributed by atoms with van der Waals surface area (Å²) in [6.45, 7) is 3.62. The van der Waals surface area contributed by atoms with Crippen LogP contribution in [0.5, 0.6) is 5.75 Å². The molecule has 2 spiro atoms. The molecule has 0 bridgehead atoms. The minimum Gasteiger partial charge on any atom is -0.497 e. The van der Waals surface area contributed by atoms with Gasteiger partial charge in [0.15, 0.2) is 0 Å². The van der Waals surface area contributed by atoms with E-state index >= 15 is 0 Å². The highest BCUT2D eigenvalue weighted by atomic mass is 16.5. The van der Waals surface area contributed by atoms with Crippen LogP contribution in [0.2, 0.25) is 0 Å². The van der Waals surface area contributed by atoms with E-state index in [-0.39, 0.29) is 17.5 Å². The second-order valence-corrected chi connectivity index (χ2v) is 7.84. The second-order valence-electron chi connectivity index (χ2n) is 7.84. The number of nitrogens with zero attached hydrogens (tertiary/aromatic N) is 1. The van der Waals surface area contributed by atoms with Crippen molar-refractivity contribution in [3.63, 3.8) is 0 Å². The standard InChI is InChI=1S/C23H24N2O4/c1-15-22(12-27-13-22)23(14-28-21(24)25-23)19-11-17(8-9-20(19)29-15)16-6-4-3-5-7-18(10-16)26-2/h3-11,15H,12-14H2,1-2H3,(H2,24,25)/b4-3+,5-3?,6-4?,7-5?,16-6+,16-10?,18-7?,18-10?/t15-,23+/m1/s1. The Hall–Kier alpha value is -2.99. The minimum absolute atomic E-state index is 0.0541. The molecule has 0 amide bonds. The van der Waals surface area contributed by atoms with Gasteiger partial charge in [0.2, 0.25) is 0 Å². The third-order valence-corrected chi connectivity index (χ3v) is 6.41. The molecule has 2 N–H and O–H groups in total. The van der Waals surface area contributed by atoms with Gasteiger partial charge in [-0.2, -0.15) is 0 Å². The fraction of sp³-hybridized carbons (Fsp3) is 0.348. The Bertz CT molecular complexity index is 1000. The topological polar surface area (TPSA) is 75.3 Å². The van der Waals surface area contributed by atoms with Crippen molar-refractivity contribution < 1.29 is 18.9 Å². The Morgan fingerprint density at radius 2 is 2.03 bits per heavy atom. The molecule has 1 aliphatic carbocycles. The van der Waals surface area contributed by atoms with Crippen molar-refractivity contribution >= 4 is 11.6 Å². The largest absolute Gasteiger partial charge is 0.497 e. The van der Waals surface area contributed by atoms with Crippen LogP contribution >= 0.6 is 0 Å². The fourth-order valence-corrected chi connectivity index (χ4v) is 4.59. The highest BCUT2D eigenvalue weighted by Gasteiger charge is 2.66. The number of hydrogen-bond donors (Lipinski definition) is 1. The van der Waals surface area contributed by atoms with Crippen LogP contribution in [-0.2, 0) is 19.7 Å². The molecule has 150 valence electrons. The number of hydrogen-bond acceptors (Lipinski definition) is 6. The van der Waals surface area contributed by atoms with Gasteiger partial charge in [0.05, 0.1) is 25.7 Å². The SMILES string of the molecule is COC1=C/C(c2ccc3c(c2)[C@@]2(COC(N)=N2)C2(COC2)[C@@H](C)O3)=C\C=C\C=C1. The van der Waals surface area contributed by atoms with Gasteiger partial charge < -0.3 is 24.7 Å². The zero-order valence-corrected chi connectivity index (χ0v) is 16.6. The van der Waals surface area contributed by atoms with Gasteiger partial charge in [0.1, 0.15) is 29.8 Å². The monoisotopic (exact) mass is 392 g/mol. The van der Waals surface area contributed by atoms with E-state index in [0.29, 0.717) is 19.8 Å². The molecule has 3 aliphatic heterocycles. The predicted octanol–water partition coefficient (Wildman–Crippen LogP) is 3.06. The molecular weight excluding hydrogens is 368 g/mol. The predicted molar refractivity (Wildman–Crippen MR) is 110 cm³/mol. The van der Waals surface area contributed by atoms with Gasteiger partial charge >= 0.3 is 0 Å². The average Bonchev–Trinajstić information content (AvgIpc) is 3.03. The van der Waals surface area contributed by atoms with E-state index in [0.717, 1.165) is 28.2 Å². The summed E-state index contributed by atoms with van der Waals surface area (Å²) < 4.78 is 23.1. The Morgan fingerprint density at radius 1 is 1.17 bits per heavy atom. The molecule has 1 aromatic rings. The Morgan fingerprint density at radius 3 is 2.72 bits per heavy atom. The number of fused-ring (bicyclic) bond motifs is 3. The molecule has 0 saturated carbocycles. The summed E-state index contributed by atoms with van der Waals surface area (Å²) in [5.41, 5.74) is 8.17. The van der Waals surface area contributed by atoms with Gasteiger partial charge in [-0.15, -0.1) is 0 Å². The van der Waals surface area contributed by atoms with Crippen LogP contribution in [0.4, 0.5) is 0 Å². The molecule has 5 rings (SSSR count). The minimum atomic E-state index is -0.607. The van der Waals surface area contributed by atoms with Crippen molar-refractivity contribution in [2.45, 2.75) is 18.6 Å². The zero-order chi connectivity index (χ0) is 20.1. The van der Waals surface area contributed by atoms with E-state index < -0.39 is 5.54 Å². The fourth-order valence-electron chi connectivity index (χ4n) is 4.59. The van der Waals surface area contributed by atoms with Crippen molar-refractivity contribution in [2.24, 2.45) is 16.1 Å². The van der Waals surface area contributed by atoms with Crippen molar-refractivity contribution in [3.8, 4) is 5.75 Å². The van der Waals surface area contributed by atoms with E-state index in [9.17, 15) is 0 Å². The summed E-state index contributed by atoms with van der Waals surface area (Å²) in [6, 6.07) is 6.44. The lowest BCUT2D eigenvalue weighted by Gasteiger charge is -2.56. The molecule has 1 fully saturated rings. The smallest absolute Gasteiger partial charge is 0.283 e. The molecule has 1 aromatic carbocycles. The quantitative estimate of drug-likeness (QED) is 0.837. The zero-order valence-electron chi connectivity index (χ0n) is 16.6. The third kappa shape index (κ3) is 2.55. The summed E-state index contributed by atoms with van der Waals surface area (Å²) >= 11 is 0. The highest BCUT2D eigenvalue weighted by molar-refractivity contribution is 5.79. The van der Waals surface area contributed by atoms with Gasteiger partial charge in [0.25, 0.3) is 6.02 Å². The van der Waals surface area contributed by atoms with Crippen molar-refractivity contribution in [3.05, 3.63) is 71.5 Å². The van der Waals surface area contributed by atoms with Crippen LogP contribution < -0.4 is 10.5 Å². The number of amidine groups is 1. The van der Waals surface area contributed by atoms with Gasteiger partial charge in [-0.25, -0.2) is 4.99 Å². The number of ether oxygens (including phenoxy) is 4. The molecule has 1 saturated heterocycles. The maximum atomic E-state index is 6.31. The average molecular weight is 392 g/mol. The molecule has 6 heteroatoms. The first-order chi connectivity index (χ1) is 14.1. The van der Waals surface area contributed by atoms with Gasteiger partial charge in [-0.1, -0.05) is 30.4 Å². The van der Waals surface area contributed by atoms with Crippen LogP contribution in [0.15, 0.2) is 65.4 Å². The van der Waals surface area contributed by atoms with Crippen LogP contribution in [0.25, 0.3) is 5.57 Å². The summed E-state index contributed by atoms with van der Waals surface area (Å²) in [6.07, 6.45) is 11.9. The number of methoxy groups -OCH3 is 1. The molecule has 29 heavy (non-hydrogen) atoms. The molecule has 4 aliphatic rings. The second kappa shape index (κ2) is 6.52. The Kier molecular flexibility index (Phi) is 4.06. The van der Waals surface area contributed by atoms with Crippen molar-refractivity contribution in [1.29, 1.82) is 0 Å². The first kappa shape index (κ1) is 18.1. The Balaban J connectivity index is 1.66. The summed E-state index contributed by atoms with van der Waals surface area (Å²) in [5, 5.41) is 0. The molecule has 0 radical (unpaired) electrons. The molecule has 6 nitrogen and oxygen atoms in total. The van der Waals surface area contributed by atoms with E-state index in [1.807, 2.05) is 36.4 Å². The van der Waals surface area contributed by atoms with Gasteiger partial charge in [0, 0.05) is 5.56 Å². The first-order valence-corrected chi connectivity index (χ1v) is 9.76. The van der Waals surface area contributed by atoms with Crippen LogP contribution in [0.1, 0.15) is 18.1 Å². The highest BCUT2D eigenvalue weighted by Crippen LogP contribution is 2.58. The molecule has 3 heterocycles. The Labute approximate surface area is 170 Å². The maximum Gasteiger partial charge on any atom is 0.283 e. The van der Waals surface area contributed by atoms with Gasteiger partial charge in [-0.05, 0) is 42.3 Å². The van der Waals surface area contributed by atoms with E-state index in [1.165, 1.54) is 0 Å². The van der Waals surface area contributed by atoms with Gasteiger partial charge in [-0.3, -0.25) is 0 Å². The lowest BCUT2D eigenvalue weighted by molar-refractivity contribution is -0.211.